The lowest BCUT2D eigenvalue weighted by atomic mass is 10.5. The van der Waals surface area contributed by atoms with Crippen molar-refractivity contribution in [1.29, 1.82) is 0 Å². The molecule has 0 radical (unpaired) electrons. The van der Waals surface area contributed by atoms with Crippen LogP contribution >= 0.6 is 0 Å². The normalized spacial score (nSPS) is 12.8. The molecule has 0 spiro atoms. The van der Waals surface area contributed by atoms with Crippen LogP contribution in [0.2, 0.25) is 0 Å². The first kappa shape index (κ1) is 15.9. The van der Waals surface area contributed by atoms with Crippen LogP contribution in [0.1, 0.15) is 5.69 Å². The van der Waals surface area contributed by atoms with Gasteiger partial charge in [-0.25, -0.2) is 26.3 Å². The van der Waals surface area contributed by atoms with E-state index in [0.717, 1.165) is 0 Å². The molecule has 0 amide bonds. The summed E-state index contributed by atoms with van der Waals surface area (Å²) < 4.78 is 52.0. The molecule has 1 aromatic rings. The highest BCUT2D eigenvalue weighted by Gasteiger charge is 2.24. The number of rotatable bonds is 6. The fourth-order valence-corrected chi connectivity index (χ4v) is 3.49. The lowest BCUT2D eigenvalue weighted by Crippen LogP contribution is -2.33. The van der Waals surface area contributed by atoms with Gasteiger partial charge in [0.2, 0.25) is 20.0 Å². The first-order valence-electron chi connectivity index (χ1n) is 5.30. The summed E-state index contributed by atoms with van der Waals surface area (Å²) in [5.74, 6) is -0.481. The number of nitrogens with zero attached hydrogens (tertiary/aromatic N) is 2. The molecule has 4 N–H and O–H groups in total. The van der Waals surface area contributed by atoms with Crippen LogP contribution in [0.3, 0.4) is 0 Å². The molecule has 0 fully saturated rings. The van der Waals surface area contributed by atoms with Crippen molar-refractivity contribution >= 4 is 25.9 Å². The molecule has 0 saturated heterocycles. The SMILES string of the molecule is CNS(=O)(=O)CCNS(=O)(=O)c1c(N)nn(C)c1C. The smallest absolute Gasteiger partial charge is 0.246 e. The van der Waals surface area contributed by atoms with Gasteiger partial charge in [-0.1, -0.05) is 0 Å². The molecule has 0 bridgehead atoms. The van der Waals surface area contributed by atoms with E-state index in [1.165, 1.54) is 11.7 Å². The molecule has 11 heteroatoms. The number of sulfonamides is 2. The van der Waals surface area contributed by atoms with E-state index in [1.807, 2.05) is 0 Å². The van der Waals surface area contributed by atoms with Gasteiger partial charge in [-0.05, 0) is 14.0 Å². The van der Waals surface area contributed by atoms with Crippen molar-refractivity contribution in [2.75, 3.05) is 25.1 Å². The van der Waals surface area contributed by atoms with Gasteiger partial charge in [-0.3, -0.25) is 4.68 Å². The summed E-state index contributed by atoms with van der Waals surface area (Å²) in [4.78, 5) is -0.128. The Hall–Kier alpha value is -1.17. The second-order valence-electron chi connectivity index (χ2n) is 3.84. The van der Waals surface area contributed by atoms with E-state index < -0.39 is 20.0 Å². The molecule has 0 aromatic carbocycles. The van der Waals surface area contributed by atoms with Gasteiger partial charge in [0.25, 0.3) is 0 Å². The van der Waals surface area contributed by atoms with Crippen LogP contribution < -0.4 is 15.2 Å². The Bertz CT molecular complexity index is 662. The number of nitrogens with two attached hydrogens (primary N) is 1. The fraction of sp³-hybridized carbons (Fsp3) is 0.625. The largest absolute Gasteiger partial charge is 0.381 e. The van der Waals surface area contributed by atoms with Gasteiger partial charge in [0.1, 0.15) is 4.90 Å². The lowest BCUT2D eigenvalue weighted by molar-refractivity contribution is 0.578. The van der Waals surface area contributed by atoms with Crippen LogP contribution in [0.5, 0.6) is 0 Å². The Morgan fingerprint density at radius 1 is 1.32 bits per heavy atom. The van der Waals surface area contributed by atoms with Crippen LogP contribution in [-0.4, -0.2) is 46.0 Å². The maximum atomic E-state index is 12.0. The molecule has 1 rings (SSSR count). The Balaban J connectivity index is 2.89. The maximum Gasteiger partial charge on any atom is 0.246 e. The first-order chi connectivity index (χ1) is 8.60. The molecule has 0 saturated carbocycles. The van der Waals surface area contributed by atoms with Crippen molar-refractivity contribution in [3.05, 3.63) is 5.69 Å². The van der Waals surface area contributed by atoms with E-state index in [9.17, 15) is 16.8 Å². The third-order valence-electron chi connectivity index (χ3n) is 2.55. The number of nitrogens with one attached hydrogen (secondary N) is 2. The Morgan fingerprint density at radius 2 is 1.89 bits per heavy atom. The molecular weight excluding hydrogens is 294 g/mol. The van der Waals surface area contributed by atoms with Crippen LogP contribution in [0.4, 0.5) is 5.82 Å². The molecule has 0 unspecified atom stereocenters. The minimum absolute atomic E-state index is 0.121. The maximum absolute atomic E-state index is 12.0. The van der Waals surface area contributed by atoms with Crippen LogP contribution in [0.15, 0.2) is 4.90 Å². The lowest BCUT2D eigenvalue weighted by Gasteiger charge is -2.07. The summed E-state index contributed by atoms with van der Waals surface area (Å²) in [6, 6.07) is 0. The van der Waals surface area contributed by atoms with E-state index in [1.54, 1.807) is 14.0 Å². The molecule has 0 atom stereocenters. The summed E-state index contributed by atoms with van der Waals surface area (Å²) in [7, 11) is -4.53. The van der Waals surface area contributed by atoms with Gasteiger partial charge in [0.05, 0.1) is 11.4 Å². The predicted octanol–water partition coefficient (Wildman–Crippen LogP) is -1.86. The van der Waals surface area contributed by atoms with Crippen molar-refractivity contribution in [3.8, 4) is 0 Å². The zero-order chi connectivity index (χ0) is 14.8. The summed E-state index contributed by atoms with van der Waals surface area (Å²) >= 11 is 0. The van der Waals surface area contributed by atoms with Gasteiger partial charge >= 0.3 is 0 Å². The van der Waals surface area contributed by atoms with Crippen molar-refractivity contribution in [2.45, 2.75) is 11.8 Å². The van der Waals surface area contributed by atoms with E-state index in [4.69, 9.17) is 5.73 Å². The summed E-state index contributed by atoms with van der Waals surface area (Å²) in [5, 5.41) is 3.79. The Labute approximate surface area is 112 Å². The topological polar surface area (TPSA) is 136 Å². The molecule has 110 valence electrons. The molecule has 1 heterocycles. The van der Waals surface area contributed by atoms with Crippen molar-refractivity contribution in [2.24, 2.45) is 7.05 Å². The highest BCUT2D eigenvalue weighted by atomic mass is 32.2. The Morgan fingerprint density at radius 3 is 2.32 bits per heavy atom. The summed E-state index contributed by atoms with van der Waals surface area (Å²) in [5.41, 5.74) is 5.91. The molecule has 19 heavy (non-hydrogen) atoms. The van der Waals surface area contributed by atoms with Gasteiger partial charge in [-0.15, -0.1) is 0 Å². The number of hydrogen-bond donors (Lipinski definition) is 3. The van der Waals surface area contributed by atoms with E-state index in [0.29, 0.717) is 5.69 Å². The van der Waals surface area contributed by atoms with Gasteiger partial charge in [0, 0.05) is 13.6 Å². The number of hydrogen-bond acceptors (Lipinski definition) is 6. The second kappa shape index (κ2) is 5.45. The average molecular weight is 311 g/mol. The zero-order valence-corrected chi connectivity index (χ0v) is 12.5. The molecule has 0 aliphatic heterocycles. The molecule has 0 aliphatic rings. The van der Waals surface area contributed by atoms with Crippen LogP contribution in [-0.2, 0) is 27.1 Å². The van der Waals surface area contributed by atoms with Gasteiger partial charge in [-0.2, -0.15) is 5.10 Å². The van der Waals surface area contributed by atoms with Gasteiger partial charge < -0.3 is 5.73 Å². The predicted molar refractivity (Wildman–Crippen MR) is 70.4 cm³/mol. The van der Waals surface area contributed by atoms with E-state index in [2.05, 4.69) is 14.5 Å². The molecular formula is C8H17N5O4S2. The van der Waals surface area contributed by atoms with Gasteiger partial charge in [0.15, 0.2) is 5.82 Å². The second-order valence-corrected chi connectivity index (χ2v) is 7.59. The highest BCUT2D eigenvalue weighted by Crippen LogP contribution is 2.20. The minimum atomic E-state index is -3.88. The summed E-state index contributed by atoms with van der Waals surface area (Å²) in [6.45, 7) is 1.31. The van der Waals surface area contributed by atoms with E-state index >= 15 is 0 Å². The summed E-state index contributed by atoms with van der Waals surface area (Å²) in [6.07, 6.45) is 0. The Kier molecular flexibility index (Phi) is 4.55. The third-order valence-corrected chi connectivity index (χ3v) is 5.54. The standard InChI is InChI=1S/C8H17N5O4S2/c1-6-7(8(9)12-13(6)3)19(16,17)11-4-5-18(14,15)10-2/h10-11H,4-5H2,1-3H3,(H2,9,12). The molecule has 9 nitrogen and oxygen atoms in total. The molecule has 0 aliphatic carbocycles. The first-order valence-corrected chi connectivity index (χ1v) is 8.44. The van der Waals surface area contributed by atoms with Crippen LogP contribution in [0, 0.1) is 6.92 Å². The van der Waals surface area contributed by atoms with Crippen molar-refractivity contribution < 1.29 is 16.8 Å². The van der Waals surface area contributed by atoms with Crippen molar-refractivity contribution in [1.82, 2.24) is 19.2 Å². The van der Waals surface area contributed by atoms with Crippen LogP contribution in [0.25, 0.3) is 0 Å². The fourth-order valence-electron chi connectivity index (χ4n) is 1.43. The number of nitrogen functional groups attached to an aromatic ring is 1. The minimum Gasteiger partial charge on any atom is -0.381 e. The number of aryl methyl sites for hydroxylation is 1. The molecule has 1 aromatic heterocycles. The quantitative estimate of drug-likeness (QED) is 0.563. The van der Waals surface area contributed by atoms with Crippen molar-refractivity contribution in [3.63, 3.8) is 0 Å². The van der Waals surface area contributed by atoms with E-state index in [-0.39, 0.29) is 23.0 Å². The highest BCUT2D eigenvalue weighted by molar-refractivity contribution is 7.90. The third kappa shape index (κ3) is 3.65. The zero-order valence-electron chi connectivity index (χ0n) is 10.8. The average Bonchev–Trinajstić information content (AvgIpc) is 2.52. The number of aromatic nitrogens is 2. The monoisotopic (exact) mass is 311 g/mol. The number of anilines is 1.